The van der Waals surface area contributed by atoms with E-state index in [0.717, 1.165) is 35.0 Å². The van der Waals surface area contributed by atoms with E-state index in [1.807, 2.05) is 37.4 Å². The minimum atomic E-state index is -0.0715. The number of amides is 1. The molecule has 1 aromatic heterocycles. The third kappa shape index (κ3) is 3.00. The van der Waals surface area contributed by atoms with Crippen molar-refractivity contribution >= 4 is 17.4 Å². The zero-order valence-corrected chi connectivity index (χ0v) is 12.0. The van der Waals surface area contributed by atoms with Crippen LogP contribution < -0.4 is 16.0 Å². The summed E-state index contributed by atoms with van der Waals surface area (Å²) >= 11 is 0. The number of nitrogens with one attached hydrogen (secondary N) is 3. The fraction of sp³-hybridized carbons (Fsp3) is 0.267. The maximum atomic E-state index is 11.0. The second kappa shape index (κ2) is 5.49. The van der Waals surface area contributed by atoms with E-state index in [2.05, 4.69) is 25.9 Å². The first-order valence-electron chi connectivity index (χ1n) is 6.82. The van der Waals surface area contributed by atoms with Crippen molar-refractivity contribution in [3.05, 3.63) is 47.4 Å². The summed E-state index contributed by atoms with van der Waals surface area (Å²) in [5, 5.41) is 9.52. The molecule has 3 N–H and O–H groups in total. The van der Waals surface area contributed by atoms with Crippen LogP contribution in [0.25, 0.3) is 0 Å². The fourth-order valence-corrected chi connectivity index (χ4v) is 2.31. The standard InChI is InChI=1S/C15H17N5O/c1-9-16-7-12-8-17-14(20-15(12)18-9)11-3-5-13(6-4-11)19-10(2)21/h3-7,14,17H,8H2,1-2H3,(H,19,21)(H,16,18,20)/t14-/m0/s1. The van der Waals surface area contributed by atoms with E-state index in [4.69, 9.17) is 0 Å². The number of fused-ring (bicyclic) bond motifs is 1. The van der Waals surface area contributed by atoms with Crippen molar-refractivity contribution in [2.24, 2.45) is 0 Å². The number of hydrogen-bond acceptors (Lipinski definition) is 5. The molecule has 6 heteroatoms. The van der Waals surface area contributed by atoms with E-state index < -0.39 is 0 Å². The van der Waals surface area contributed by atoms with Crippen LogP contribution in [0.3, 0.4) is 0 Å². The van der Waals surface area contributed by atoms with Gasteiger partial charge in [-0.25, -0.2) is 9.97 Å². The molecule has 1 aromatic carbocycles. The molecule has 2 aromatic rings. The quantitative estimate of drug-likeness (QED) is 0.785. The van der Waals surface area contributed by atoms with Gasteiger partial charge in [0.05, 0.1) is 0 Å². The summed E-state index contributed by atoms with van der Waals surface area (Å²) < 4.78 is 0. The normalized spacial score (nSPS) is 16.8. The number of aryl methyl sites for hydroxylation is 1. The van der Waals surface area contributed by atoms with Gasteiger partial charge in [0.15, 0.2) is 0 Å². The van der Waals surface area contributed by atoms with E-state index >= 15 is 0 Å². The molecule has 1 aliphatic rings. The van der Waals surface area contributed by atoms with Gasteiger partial charge in [-0.15, -0.1) is 0 Å². The van der Waals surface area contributed by atoms with Crippen LogP contribution in [-0.2, 0) is 11.3 Å². The average Bonchev–Trinajstić information content (AvgIpc) is 2.46. The van der Waals surface area contributed by atoms with E-state index in [1.165, 1.54) is 6.92 Å². The third-order valence-corrected chi connectivity index (χ3v) is 3.33. The Morgan fingerprint density at radius 3 is 2.81 bits per heavy atom. The molecule has 108 valence electrons. The topological polar surface area (TPSA) is 78.9 Å². The second-order valence-electron chi connectivity index (χ2n) is 5.05. The number of carbonyl (C=O) groups excluding carboxylic acids is 1. The minimum absolute atomic E-state index is 0.00169. The molecule has 1 amide bonds. The molecular formula is C15H17N5O. The molecule has 21 heavy (non-hydrogen) atoms. The number of rotatable bonds is 2. The van der Waals surface area contributed by atoms with Crippen LogP contribution in [0.1, 0.15) is 30.0 Å². The summed E-state index contributed by atoms with van der Waals surface area (Å²) in [6.07, 6.45) is 1.84. The van der Waals surface area contributed by atoms with Crippen LogP contribution in [0.5, 0.6) is 0 Å². The van der Waals surface area contributed by atoms with Gasteiger partial charge in [0.2, 0.25) is 5.91 Å². The maximum Gasteiger partial charge on any atom is 0.221 e. The van der Waals surface area contributed by atoms with Crippen molar-refractivity contribution in [2.45, 2.75) is 26.6 Å². The summed E-state index contributed by atoms with van der Waals surface area (Å²) in [6.45, 7) is 4.10. The molecule has 0 unspecified atom stereocenters. The van der Waals surface area contributed by atoms with E-state index in [-0.39, 0.29) is 12.1 Å². The predicted octanol–water partition coefficient (Wildman–Crippen LogP) is 1.96. The maximum absolute atomic E-state index is 11.0. The monoisotopic (exact) mass is 283 g/mol. The molecule has 0 bridgehead atoms. The Balaban J connectivity index is 1.78. The largest absolute Gasteiger partial charge is 0.350 e. The SMILES string of the molecule is CC(=O)Nc1ccc([C@H]2NCc3cnc(C)nc3N2)cc1. The number of nitrogens with zero attached hydrogens (tertiary/aromatic N) is 2. The Kier molecular flexibility index (Phi) is 3.53. The summed E-state index contributed by atoms with van der Waals surface area (Å²) in [5.41, 5.74) is 2.94. The molecule has 0 saturated heterocycles. The highest BCUT2D eigenvalue weighted by molar-refractivity contribution is 5.88. The molecular weight excluding hydrogens is 266 g/mol. The number of anilines is 2. The first-order chi connectivity index (χ1) is 10.1. The second-order valence-corrected chi connectivity index (χ2v) is 5.05. The first kappa shape index (κ1) is 13.5. The zero-order chi connectivity index (χ0) is 14.8. The molecule has 0 radical (unpaired) electrons. The van der Waals surface area contributed by atoms with Crippen LogP contribution in [-0.4, -0.2) is 15.9 Å². The Hall–Kier alpha value is -2.47. The Labute approximate surface area is 123 Å². The average molecular weight is 283 g/mol. The lowest BCUT2D eigenvalue weighted by Gasteiger charge is -2.27. The van der Waals surface area contributed by atoms with Crippen molar-refractivity contribution in [1.82, 2.24) is 15.3 Å². The minimum Gasteiger partial charge on any atom is -0.350 e. The molecule has 1 atom stereocenters. The summed E-state index contributed by atoms with van der Waals surface area (Å²) in [4.78, 5) is 19.6. The summed E-state index contributed by atoms with van der Waals surface area (Å²) in [5.74, 6) is 1.55. The highest BCUT2D eigenvalue weighted by Crippen LogP contribution is 2.25. The van der Waals surface area contributed by atoms with E-state index in [9.17, 15) is 4.79 Å². The van der Waals surface area contributed by atoms with Crippen molar-refractivity contribution in [3.63, 3.8) is 0 Å². The van der Waals surface area contributed by atoms with Gasteiger partial charge in [-0.1, -0.05) is 12.1 Å². The van der Waals surface area contributed by atoms with Crippen molar-refractivity contribution in [1.29, 1.82) is 0 Å². The van der Waals surface area contributed by atoms with Crippen LogP contribution in [0.4, 0.5) is 11.5 Å². The first-order valence-corrected chi connectivity index (χ1v) is 6.82. The highest BCUT2D eigenvalue weighted by Gasteiger charge is 2.19. The van der Waals surface area contributed by atoms with E-state index in [0.29, 0.717) is 0 Å². The smallest absolute Gasteiger partial charge is 0.221 e. The van der Waals surface area contributed by atoms with Crippen LogP contribution in [0, 0.1) is 6.92 Å². The third-order valence-electron chi connectivity index (χ3n) is 3.33. The van der Waals surface area contributed by atoms with Crippen LogP contribution in [0.2, 0.25) is 0 Å². The van der Waals surface area contributed by atoms with Crippen LogP contribution >= 0.6 is 0 Å². The van der Waals surface area contributed by atoms with Gasteiger partial charge in [0, 0.05) is 30.9 Å². The number of hydrogen-bond donors (Lipinski definition) is 3. The molecule has 0 fully saturated rings. The lowest BCUT2D eigenvalue weighted by molar-refractivity contribution is -0.114. The molecule has 2 heterocycles. The summed E-state index contributed by atoms with van der Waals surface area (Å²) in [7, 11) is 0. The van der Waals surface area contributed by atoms with Gasteiger partial charge < -0.3 is 10.6 Å². The molecule has 3 rings (SSSR count). The van der Waals surface area contributed by atoms with Crippen molar-refractivity contribution in [2.75, 3.05) is 10.6 Å². The molecule has 6 nitrogen and oxygen atoms in total. The summed E-state index contributed by atoms with van der Waals surface area (Å²) in [6, 6.07) is 7.74. The Morgan fingerprint density at radius 2 is 2.10 bits per heavy atom. The van der Waals surface area contributed by atoms with Gasteiger partial charge in [0.1, 0.15) is 17.8 Å². The van der Waals surface area contributed by atoms with Gasteiger partial charge in [-0.3, -0.25) is 10.1 Å². The molecule has 1 aliphatic heterocycles. The van der Waals surface area contributed by atoms with Gasteiger partial charge in [-0.05, 0) is 24.6 Å². The highest BCUT2D eigenvalue weighted by atomic mass is 16.1. The molecule has 0 saturated carbocycles. The van der Waals surface area contributed by atoms with Crippen molar-refractivity contribution in [3.8, 4) is 0 Å². The fourth-order valence-electron chi connectivity index (χ4n) is 2.31. The molecule has 0 spiro atoms. The van der Waals surface area contributed by atoms with E-state index in [1.54, 1.807) is 0 Å². The molecule has 0 aliphatic carbocycles. The van der Waals surface area contributed by atoms with Crippen molar-refractivity contribution < 1.29 is 4.79 Å². The van der Waals surface area contributed by atoms with Crippen LogP contribution in [0.15, 0.2) is 30.5 Å². The number of benzene rings is 1. The number of aromatic nitrogens is 2. The Bertz CT molecular complexity index is 668. The van der Waals surface area contributed by atoms with Gasteiger partial charge in [-0.2, -0.15) is 0 Å². The number of carbonyl (C=O) groups is 1. The lowest BCUT2D eigenvalue weighted by Crippen LogP contribution is -2.33. The van der Waals surface area contributed by atoms with Gasteiger partial charge in [0.25, 0.3) is 0 Å². The lowest BCUT2D eigenvalue weighted by atomic mass is 10.1. The zero-order valence-electron chi connectivity index (χ0n) is 12.0. The Morgan fingerprint density at radius 1 is 1.33 bits per heavy atom. The van der Waals surface area contributed by atoms with Gasteiger partial charge >= 0.3 is 0 Å². The predicted molar refractivity (Wildman–Crippen MR) is 80.7 cm³/mol.